The van der Waals surface area contributed by atoms with E-state index in [0.29, 0.717) is 18.8 Å². The zero-order valence-electron chi connectivity index (χ0n) is 10.8. The lowest BCUT2D eigenvalue weighted by Crippen LogP contribution is -2.41. The smallest absolute Gasteiger partial charge is 0.323 e. The Morgan fingerprint density at radius 1 is 1.12 bits per heavy atom. The van der Waals surface area contributed by atoms with Gasteiger partial charge in [0.05, 0.1) is 14.2 Å². The van der Waals surface area contributed by atoms with Crippen molar-refractivity contribution in [3.8, 4) is 0 Å². The molecule has 0 aliphatic heterocycles. The van der Waals surface area contributed by atoms with E-state index >= 15 is 0 Å². The normalized spacial score (nSPS) is 11.4. The van der Waals surface area contributed by atoms with Crippen LogP contribution in [0, 0.1) is 11.3 Å². The van der Waals surface area contributed by atoms with Crippen molar-refractivity contribution < 1.29 is 19.1 Å². The van der Waals surface area contributed by atoms with Crippen molar-refractivity contribution in [2.75, 3.05) is 14.2 Å². The van der Waals surface area contributed by atoms with Gasteiger partial charge in [0, 0.05) is 0 Å². The number of hydrogen-bond acceptors (Lipinski definition) is 4. The lowest BCUT2D eigenvalue weighted by Gasteiger charge is -2.27. The molecule has 0 saturated carbocycles. The van der Waals surface area contributed by atoms with E-state index in [1.807, 2.05) is 0 Å². The third-order valence-corrected chi connectivity index (χ3v) is 2.90. The van der Waals surface area contributed by atoms with Gasteiger partial charge in [-0.25, -0.2) is 0 Å². The van der Waals surface area contributed by atoms with Crippen molar-refractivity contribution >= 4 is 11.9 Å². The van der Waals surface area contributed by atoms with E-state index in [4.69, 9.17) is 9.47 Å². The molecule has 0 N–H and O–H groups in total. The van der Waals surface area contributed by atoms with Crippen LogP contribution < -0.4 is 0 Å². The number of hydrogen-bond donors (Lipinski definition) is 0. The highest BCUT2D eigenvalue weighted by molar-refractivity contribution is 5.99. The van der Waals surface area contributed by atoms with Gasteiger partial charge in [-0.2, -0.15) is 0 Å². The highest BCUT2D eigenvalue weighted by Crippen LogP contribution is 2.32. The fourth-order valence-corrected chi connectivity index (χ4v) is 1.68. The molecule has 0 saturated heterocycles. The van der Waals surface area contributed by atoms with Crippen LogP contribution in [0.4, 0.5) is 0 Å². The van der Waals surface area contributed by atoms with Gasteiger partial charge in [0.15, 0.2) is 5.41 Å². The maximum absolute atomic E-state index is 11.8. The minimum absolute atomic E-state index is 0.402. The molecular formula is C12H22O4. The van der Waals surface area contributed by atoms with E-state index < -0.39 is 17.4 Å². The van der Waals surface area contributed by atoms with Gasteiger partial charge in [-0.15, -0.1) is 0 Å². The predicted molar refractivity (Wildman–Crippen MR) is 60.8 cm³/mol. The summed E-state index contributed by atoms with van der Waals surface area (Å²) < 4.78 is 9.44. The Balaban J connectivity index is 4.96. The first-order valence-corrected chi connectivity index (χ1v) is 5.61. The SMILES string of the molecule is CCC(CCC(C)C)(C(=O)OC)C(=O)OC. The number of esters is 2. The van der Waals surface area contributed by atoms with E-state index in [0.717, 1.165) is 6.42 Å². The van der Waals surface area contributed by atoms with Gasteiger partial charge in [-0.1, -0.05) is 20.8 Å². The summed E-state index contributed by atoms with van der Waals surface area (Å²) in [5, 5.41) is 0. The molecular weight excluding hydrogens is 208 g/mol. The summed E-state index contributed by atoms with van der Waals surface area (Å²) in [4.78, 5) is 23.5. The minimum atomic E-state index is -1.13. The van der Waals surface area contributed by atoms with Crippen molar-refractivity contribution in [3.63, 3.8) is 0 Å². The Bertz CT molecular complexity index is 229. The van der Waals surface area contributed by atoms with Gasteiger partial charge in [0.1, 0.15) is 0 Å². The average molecular weight is 230 g/mol. The van der Waals surface area contributed by atoms with E-state index in [-0.39, 0.29) is 0 Å². The van der Waals surface area contributed by atoms with Crippen LogP contribution in [0.5, 0.6) is 0 Å². The molecule has 94 valence electrons. The molecule has 4 nitrogen and oxygen atoms in total. The predicted octanol–water partition coefficient (Wildman–Crippen LogP) is 2.17. The van der Waals surface area contributed by atoms with E-state index in [1.54, 1.807) is 6.92 Å². The highest BCUT2D eigenvalue weighted by atomic mass is 16.5. The van der Waals surface area contributed by atoms with Gasteiger partial charge in [0.25, 0.3) is 0 Å². The first-order chi connectivity index (χ1) is 7.44. The standard InChI is InChI=1S/C12H22O4/c1-6-12(10(13)15-4,11(14)16-5)8-7-9(2)3/h9H,6-8H2,1-5H3. The van der Waals surface area contributed by atoms with Crippen molar-refractivity contribution in [3.05, 3.63) is 0 Å². The second-order valence-electron chi connectivity index (χ2n) is 4.35. The maximum atomic E-state index is 11.8. The van der Waals surface area contributed by atoms with Crippen LogP contribution in [-0.2, 0) is 19.1 Å². The first kappa shape index (κ1) is 14.9. The number of carbonyl (C=O) groups is 2. The van der Waals surface area contributed by atoms with Crippen molar-refractivity contribution in [1.82, 2.24) is 0 Å². The van der Waals surface area contributed by atoms with Crippen LogP contribution in [0.15, 0.2) is 0 Å². The second-order valence-corrected chi connectivity index (χ2v) is 4.35. The van der Waals surface area contributed by atoms with Crippen LogP contribution in [-0.4, -0.2) is 26.2 Å². The summed E-state index contributed by atoms with van der Waals surface area (Å²) in [6.07, 6.45) is 1.66. The molecule has 16 heavy (non-hydrogen) atoms. The lowest BCUT2D eigenvalue weighted by atomic mass is 9.79. The van der Waals surface area contributed by atoms with Crippen molar-refractivity contribution in [2.24, 2.45) is 11.3 Å². The van der Waals surface area contributed by atoms with Crippen LogP contribution in [0.25, 0.3) is 0 Å². The lowest BCUT2D eigenvalue weighted by molar-refractivity contribution is -0.170. The quantitative estimate of drug-likeness (QED) is 0.518. The molecule has 0 unspecified atom stereocenters. The third kappa shape index (κ3) is 3.22. The second kappa shape index (κ2) is 6.51. The van der Waals surface area contributed by atoms with Crippen LogP contribution >= 0.6 is 0 Å². The Kier molecular flexibility index (Phi) is 6.08. The molecule has 0 aliphatic carbocycles. The molecule has 0 aromatic carbocycles. The molecule has 0 aromatic rings. The number of methoxy groups -OCH3 is 2. The van der Waals surface area contributed by atoms with Gasteiger partial charge in [0.2, 0.25) is 0 Å². The molecule has 0 radical (unpaired) electrons. The number of rotatable bonds is 6. The first-order valence-electron chi connectivity index (χ1n) is 5.61. The summed E-state index contributed by atoms with van der Waals surface area (Å²) in [7, 11) is 2.59. The third-order valence-electron chi connectivity index (χ3n) is 2.90. The Labute approximate surface area is 97.3 Å². The summed E-state index contributed by atoms with van der Waals surface area (Å²) in [5.41, 5.74) is -1.13. The topological polar surface area (TPSA) is 52.6 Å². The van der Waals surface area contributed by atoms with Crippen LogP contribution in [0.3, 0.4) is 0 Å². The van der Waals surface area contributed by atoms with Crippen molar-refractivity contribution in [2.45, 2.75) is 40.0 Å². The van der Waals surface area contributed by atoms with Gasteiger partial charge in [-0.05, 0) is 25.2 Å². The molecule has 0 rings (SSSR count). The van der Waals surface area contributed by atoms with E-state index in [9.17, 15) is 9.59 Å². The summed E-state index contributed by atoms with van der Waals surface area (Å²) in [6, 6.07) is 0. The zero-order valence-corrected chi connectivity index (χ0v) is 10.8. The van der Waals surface area contributed by atoms with E-state index in [1.165, 1.54) is 14.2 Å². The summed E-state index contributed by atoms with van der Waals surface area (Å²) in [5.74, 6) is -0.565. The molecule has 0 aliphatic rings. The molecule has 0 spiro atoms. The fourth-order valence-electron chi connectivity index (χ4n) is 1.68. The van der Waals surface area contributed by atoms with Gasteiger partial charge < -0.3 is 9.47 Å². The van der Waals surface area contributed by atoms with Gasteiger partial charge >= 0.3 is 11.9 Å². The summed E-state index contributed by atoms with van der Waals surface area (Å²) >= 11 is 0. The Morgan fingerprint density at radius 2 is 1.56 bits per heavy atom. The largest absolute Gasteiger partial charge is 0.468 e. The molecule has 0 aromatic heterocycles. The molecule has 0 amide bonds. The molecule has 4 heteroatoms. The van der Waals surface area contributed by atoms with Crippen molar-refractivity contribution in [1.29, 1.82) is 0 Å². The monoisotopic (exact) mass is 230 g/mol. The molecule has 0 atom stereocenters. The van der Waals surface area contributed by atoms with E-state index in [2.05, 4.69) is 13.8 Å². The minimum Gasteiger partial charge on any atom is -0.468 e. The summed E-state index contributed by atoms with van der Waals surface area (Å²) in [6.45, 7) is 5.90. The van der Waals surface area contributed by atoms with Crippen LogP contribution in [0.2, 0.25) is 0 Å². The Hall–Kier alpha value is -1.06. The highest BCUT2D eigenvalue weighted by Gasteiger charge is 2.46. The zero-order chi connectivity index (χ0) is 12.8. The number of carbonyl (C=O) groups excluding carboxylic acids is 2. The maximum Gasteiger partial charge on any atom is 0.323 e. The Morgan fingerprint density at radius 3 is 1.81 bits per heavy atom. The molecule has 0 bridgehead atoms. The average Bonchev–Trinajstić information content (AvgIpc) is 2.28. The number of ether oxygens (including phenoxy) is 2. The molecule has 0 fully saturated rings. The van der Waals surface area contributed by atoms with Gasteiger partial charge in [-0.3, -0.25) is 9.59 Å². The fraction of sp³-hybridized carbons (Fsp3) is 0.833. The van der Waals surface area contributed by atoms with Crippen LogP contribution in [0.1, 0.15) is 40.0 Å². The molecule has 0 heterocycles.